The molecule has 0 spiro atoms. The van der Waals surface area contributed by atoms with E-state index in [2.05, 4.69) is 0 Å². The minimum atomic E-state index is -0.0602. The van der Waals surface area contributed by atoms with Gasteiger partial charge < -0.3 is 14.7 Å². The summed E-state index contributed by atoms with van der Waals surface area (Å²) in [5, 5.41) is 9.39. The average Bonchev–Trinajstić information content (AvgIpc) is 2.23. The van der Waals surface area contributed by atoms with Gasteiger partial charge in [0, 0.05) is 12.6 Å². The van der Waals surface area contributed by atoms with Crippen LogP contribution in [0.15, 0.2) is 18.2 Å². The molecule has 1 amide bonds. The number of carbonyl (C=O) groups is 1. The molecule has 1 fully saturated rings. The van der Waals surface area contributed by atoms with Crippen LogP contribution in [0.1, 0.15) is 5.56 Å². The van der Waals surface area contributed by atoms with Gasteiger partial charge in [-0.1, -0.05) is 6.07 Å². The Hall–Kier alpha value is -1.55. The Morgan fingerprint density at radius 3 is 3.00 bits per heavy atom. The zero-order valence-corrected chi connectivity index (χ0v) is 8.56. The fourth-order valence-electron chi connectivity index (χ4n) is 1.66. The van der Waals surface area contributed by atoms with E-state index < -0.39 is 0 Å². The molecule has 1 N–H and O–H groups in total. The Balaban J connectivity index is 2.34. The molecule has 0 aliphatic carbocycles. The maximum absolute atomic E-state index is 11.6. The number of aromatic hydroxyl groups is 1. The van der Waals surface area contributed by atoms with Crippen LogP contribution < -0.4 is 4.90 Å². The van der Waals surface area contributed by atoms with Gasteiger partial charge >= 0.3 is 0 Å². The molecule has 80 valence electrons. The quantitative estimate of drug-likeness (QED) is 0.749. The van der Waals surface area contributed by atoms with Crippen LogP contribution in [0, 0.1) is 6.92 Å². The molecule has 1 heterocycles. The molecule has 0 unspecified atom stereocenters. The number of hydrogen-bond donors (Lipinski definition) is 1. The smallest absolute Gasteiger partial charge is 0.253 e. The highest BCUT2D eigenvalue weighted by atomic mass is 16.5. The molecule has 1 aliphatic rings. The van der Waals surface area contributed by atoms with E-state index in [1.807, 2.05) is 6.92 Å². The first-order chi connectivity index (χ1) is 7.18. The third kappa shape index (κ3) is 1.94. The van der Waals surface area contributed by atoms with Crippen LogP contribution in [0.4, 0.5) is 5.69 Å². The number of phenols is 1. The minimum absolute atomic E-state index is 0.0602. The summed E-state index contributed by atoms with van der Waals surface area (Å²) < 4.78 is 5.05. The molecule has 0 bridgehead atoms. The second-order valence-electron chi connectivity index (χ2n) is 3.57. The predicted molar refractivity (Wildman–Crippen MR) is 56.0 cm³/mol. The first-order valence-electron chi connectivity index (χ1n) is 4.86. The van der Waals surface area contributed by atoms with Crippen molar-refractivity contribution in [3.63, 3.8) is 0 Å². The van der Waals surface area contributed by atoms with E-state index >= 15 is 0 Å². The van der Waals surface area contributed by atoms with Crippen LogP contribution in [0.3, 0.4) is 0 Å². The summed E-state index contributed by atoms with van der Waals surface area (Å²) in [5.74, 6) is 0.116. The van der Waals surface area contributed by atoms with Gasteiger partial charge in [0.2, 0.25) is 0 Å². The van der Waals surface area contributed by atoms with Crippen molar-refractivity contribution in [1.82, 2.24) is 0 Å². The number of hydrogen-bond acceptors (Lipinski definition) is 3. The number of anilines is 1. The van der Waals surface area contributed by atoms with Crippen LogP contribution in [0.5, 0.6) is 5.75 Å². The molecular weight excluding hydrogens is 194 g/mol. The molecule has 1 aliphatic heterocycles. The highest BCUT2D eigenvalue weighted by Gasteiger charge is 2.21. The number of phenolic OH excluding ortho intramolecular Hbond substituents is 1. The van der Waals surface area contributed by atoms with Gasteiger partial charge in [0.15, 0.2) is 0 Å². The molecule has 0 aromatic heterocycles. The summed E-state index contributed by atoms with van der Waals surface area (Å²) in [6.07, 6.45) is 0. The van der Waals surface area contributed by atoms with Crippen LogP contribution in [0.25, 0.3) is 0 Å². The van der Waals surface area contributed by atoms with Crippen molar-refractivity contribution in [3.05, 3.63) is 23.8 Å². The monoisotopic (exact) mass is 207 g/mol. The highest BCUT2D eigenvalue weighted by Crippen LogP contribution is 2.25. The predicted octanol–water partition coefficient (Wildman–Crippen LogP) is 1.06. The molecule has 0 saturated carbocycles. The second-order valence-corrected chi connectivity index (χ2v) is 3.57. The van der Waals surface area contributed by atoms with Crippen LogP contribution >= 0.6 is 0 Å². The molecule has 15 heavy (non-hydrogen) atoms. The first kappa shape index (κ1) is 9.98. The van der Waals surface area contributed by atoms with Gasteiger partial charge in [-0.05, 0) is 18.6 Å². The van der Waals surface area contributed by atoms with Gasteiger partial charge in [-0.2, -0.15) is 0 Å². The molecule has 1 aromatic rings. The van der Waals surface area contributed by atoms with E-state index in [1.54, 1.807) is 23.1 Å². The van der Waals surface area contributed by atoms with Gasteiger partial charge in [-0.3, -0.25) is 4.79 Å². The van der Waals surface area contributed by atoms with E-state index in [0.29, 0.717) is 13.2 Å². The molecule has 2 rings (SSSR count). The summed E-state index contributed by atoms with van der Waals surface area (Å²) in [7, 11) is 0. The Kier molecular flexibility index (Phi) is 2.60. The fourth-order valence-corrected chi connectivity index (χ4v) is 1.66. The normalized spacial score (nSPS) is 16.9. The van der Waals surface area contributed by atoms with Gasteiger partial charge in [0.05, 0.1) is 12.3 Å². The third-order valence-electron chi connectivity index (χ3n) is 2.47. The van der Waals surface area contributed by atoms with Crippen molar-refractivity contribution >= 4 is 11.6 Å². The van der Waals surface area contributed by atoms with Crippen molar-refractivity contribution < 1.29 is 14.6 Å². The second kappa shape index (κ2) is 3.90. The zero-order valence-electron chi connectivity index (χ0n) is 8.56. The average molecular weight is 207 g/mol. The zero-order chi connectivity index (χ0) is 10.8. The number of carbonyl (C=O) groups excluding carboxylic acids is 1. The third-order valence-corrected chi connectivity index (χ3v) is 2.47. The van der Waals surface area contributed by atoms with E-state index in [-0.39, 0.29) is 18.3 Å². The first-order valence-corrected chi connectivity index (χ1v) is 4.86. The molecule has 0 atom stereocenters. The highest BCUT2D eigenvalue weighted by molar-refractivity contribution is 5.95. The van der Waals surface area contributed by atoms with E-state index in [9.17, 15) is 9.90 Å². The summed E-state index contributed by atoms with van der Waals surface area (Å²) in [6.45, 7) is 3.12. The maximum atomic E-state index is 11.6. The Morgan fingerprint density at radius 1 is 1.47 bits per heavy atom. The number of rotatable bonds is 1. The number of ether oxygens (including phenoxy) is 1. The van der Waals surface area contributed by atoms with Crippen molar-refractivity contribution in [2.24, 2.45) is 0 Å². The Bertz CT molecular complexity index is 389. The maximum Gasteiger partial charge on any atom is 0.253 e. The van der Waals surface area contributed by atoms with Gasteiger partial charge in [0.25, 0.3) is 5.91 Å². The number of amides is 1. The van der Waals surface area contributed by atoms with Gasteiger partial charge in [0.1, 0.15) is 12.4 Å². The van der Waals surface area contributed by atoms with Crippen molar-refractivity contribution in [2.75, 3.05) is 24.7 Å². The Morgan fingerprint density at radius 2 is 2.27 bits per heavy atom. The molecule has 1 saturated heterocycles. The SMILES string of the molecule is Cc1ccc(O)cc1N1CCOCC1=O. The number of nitrogens with zero attached hydrogens (tertiary/aromatic N) is 1. The lowest BCUT2D eigenvalue weighted by Gasteiger charge is -2.28. The standard InChI is InChI=1S/C11H13NO3/c1-8-2-3-9(13)6-10(8)12-4-5-15-7-11(12)14/h2-3,6,13H,4-5,7H2,1H3. The number of benzene rings is 1. The van der Waals surface area contributed by atoms with Crippen molar-refractivity contribution in [2.45, 2.75) is 6.92 Å². The van der Waals surface area contributed by atoms with E-state index in [0.717, 1.165) is 11.3 Å². The summed E-state index contributed by atoms with van der Waals surface area (Å²) >= 11 is 0. The molecule has 4 heteroatoms. The van der Waals surface area contributed by atoms with Crippen LogP contribution in [-0.2, 0) is 9.53 Å². The lowest BCUT2D eigenvalue weighted by Crippen LogP contribution is -2.42. The molecule has 0 radical (unpaired) electrons. The van der Waals surface area contributed by atoms with Crippen LogP contribution in [0.2, 0.25) is 0 Å². The lowest BCUT2D eigenvalue weighted by atomic mass is 10.1. The minimum Gasteiger partial charge on any atom is -0.508 e. The van der Waals surface area contributed by atoms with Gasteiger partial charge in [-0.25, -0.2) is 0 Å². The molecule has 4 nitrogen and oxygen atoms in total. The Labute approximate surface area is 88.1 Å². The van der Waals surface area contributed by atoms with E-state index in [4.69, 9.17) is 4.74 Å². The van der Waals surface area contributed by atoms with Crippen molar-refractivity contribution in [1.29, 1.82) is 0 Å². The largest absolute Gasteiger partial charge is 0.508 e. The van der Waals surface area contributed by atoms with E-state index in [1.165, 1.54) is 0 Å². The van der Waals surface area contributed by atoms with Crippen LogP contribution in [-0.4, -0.2) is 30.8 Å². The topological polar surface area (TPSA) is 49.8 Å². The fraction of sp³-hybridized carbons (Fsp3) is 0.364. The summed E-state index contributed by atoms with van der Waals surface area (Å²) in [4.78, 5) is 13.2. The van der Waals surface area contributed by atoms with Gasteiger partial charge in [-0.15, -0.1) is 0 Å². The number of aryl methyl sites for hydroxylation is 1. The number of morpholine rings is 1. The lowest BCUT2D eigenvalue weighted by molar-refractivity contribution is -0.125. The molecular formula is C11H13NO3. The van der Waals surface area contributed by atoms with Crippen molar-refractivity contribution in [3.8, 4) is 5.75 Å². The molecule has 1 aromatic carbocycles. The summed E-state index contributed by atoms with van der Waals surface area (Å²) in [5.41, 5.74) is 1.74. The summed E-state index contributed by atoms with van der Waals surface area (Å²) in [6, 6.07) is 5.02.